The summed E-state index contributed by atoms with van der Waals surface area (Å²) in [5.74, 6) is -0.333. The van der Waals surface area contributed by atoms with E-state index in [1.165, 1.54) is 16.4 Å². The molecule has 0 heterocycles. The lowest BCUT2D eigenvalue weighted by Gasteiger charge is -2.22. The van der Waals surface area contributed by atoms with Crippen LogP contribution in [0.1, 0.15) is 26.3 Å². The summed E-state index contributed by atoms with van der Waals surface area (Å²) >= 11 is 0. The summed E-state index contributed by atoms with van der Waals surface area (Å²) in [5.41, 5.74) is 0.230. The lowest BCUT2D eigenvalue weighted by atomic mass is 10.1. The molecule has 0 fully saturated rings. The van der Waals surface area contributed by atoms with Gasteiger partial charge in [-0.1, -0.05) is 12.1 Å². The van der Waals surface area contributed by atoms with Crippen LogP contribution >= 0.6 is 0 Å². The lowest BCUT2D eigenvalue weighted by Crippen LogP contribution is -2.40. The quantitative estimate of drug-likeness (QED) is 0.808. The number of carbonyl (C=O) groups excluding carboxylic acids is 1. The average molecular weight is 360 g/mol. The van der Waals surface area contributed by atoms with Crippen LogP contribution < -0.4 is 5.32 Å². The Kier molecular flexibility index (Phi) is 7.16. The molecule has 0 aliphatic rings. The molecular formula is C16H25FN2O4S. The Morgan fingerprint density at radius 3 is 2.29 bits per heavy atom. The number of ether oxygens (including phenoxy) is 1. The summed E-state index contributed by atoms with van der Waals surface area (Å²) in [4.78, 5) is 11.6. The van der Waals surface area contributed by atoms with Crippen molar-refractivity contribution in [2.45, 2.75) is 32.8 Å². The number of nitrogens with zero attached hydrogens (tertiary/aromatic N) is 1. The number of hydrogen-bond donors (Lipinski definition) is 1. The van der Waals surface area contributed by atoms with Gasteiger partial charge in [-0.3, -0.25) is 0 Å². The summed E-state index contributed by atoms with van der Waals surface area (Å²) in [6.07, 6.45) is 0.986. The summed E-state index contributed by atoms with van der Waals surface area (Å²) in [5, 5.41) is 2.53. The Labute approximate surface area is 143 Å². The molecule has 0 aliphatic heterocycles. The van der Waals surface area contributed by atoms with Crippen LogP contribution in [-0.4, -0.2) is 50.3 Å². The first kappa shape index (κ1) is 20.4. The third kappa shape index (κ3) is 8.26. The van der Waals surface area contributed by atoms with E-state index in [-0.39, 0.29) is 25.5 Å². The number of hydrogen-bond acceptors (Lipinski definition) is 4. The molecule has 1 aromatic rings. The number of sulfonamides is 1. The maximum atomic E-state index is 12.9. The largest absolute Gasteiger partial charge is 0.444 e. The zero-order chi connectivity index (χ0) is 18.4. The highest BCUT2D eigenvalue weighted by Gasteiger charge is 2.18. The smallest absolute Gasteiger partial charge is 0.407 e. The molecule has 24 heavy (non-hydrogen) atoms. The molecule has 0 bridgehead atoms. The molecule has 0 saturated carbocycles. The third-order valence-electron chi connectivity index (χ3n) is 3.06. The molecule has 1 N–H and O–H groups in total. The first-order chi connectivity index (χ1) is 11.0. The minimum Gasteiger partial charge on any atom is -0.444 e. The van der Waals surface area contributed by atoms with Crippen molar-refractivity contribution in [3.63, 3.8) is 0 Å². The van der Waals surface area contributed by atoms with Crippen molar-refractivity contribution in [1.82, 2.24) is 9.62 Å². The van der Waals surface area contributed by atoms with Gasteiger partial charge in [-0.2, -0.15) is 0 Å². The van der Waals surface area contributed by atoms with Crippen LogP contribution in [0.5, 0.6) is 0 Å². The fourth-order valence-electron chi connectivity index (χ4n) is 1.95. The Hall–Kier alpha value is -1.67. The number of alkyl carbamates (subject to hydrolysis) is 1. The van der Waals surface area contributed by atoms with E-state index in [0.717, 1.165) is 11.8 Å². The van der Waals surface area contributed by atoms with Crippen molar-refractivity contribution in [3.8, 4) is 0 Å². The number of carbonyl (C=O) groups is 1. The predicted molar refractivity (Wildman–Crippen MR) is 90.8 cm³/mol. The van der Waals surface area contributed by atoms with Crippen LogP contribution in [-0.2, 0) is 21.2 Å². The van der Waals surface area contributed by atoms with E-state index in [2.05, 4.69) is 5.32 Å². The van der Waals surface area contributed by atoms with E-state index >= 15 is 0 Å². The molecule has 8 heteroatoms. The van der Waals surface area contributed by atoms with E-state index in [4.69, 9.17) is 4.74 Å². The zero-order valence-corrected chi connectivity index (χ0v) is 15.3. The number of amides is 1. The first-order valence-electron chi connectivity index (χ1n) is 7.64. The molecule has 1 amide bonds. The minimum atomic E-state index is -3.41. The van der Waals surface area contributed by atoms with Crippen LogP contribution in [0.25, 0.3) is 0 Å². The van der Waals surface area contributed by atoms with Crippen LogP contribution in [0, 0.1) is 5.82 Å². The second-order valence-electron chi connectivity index (χ2n) is 6.47. The molecule has 0 unspecified atom stereocenters. The van der Waals surface area contributed by atoms with Gasteiger partial charge < -0.3 is 10.1 Å². The van der Waals surface area contributed by atoms with Gasteiger partial charge in [-0.15, -0.1) is 0 Å². The Balaban J connectivity index is 2.51. The van der Waals surface area contributed by atoms with Gasteiger partial charge in [0.2, 0.25) is 10.0 Å². The molecule has 0 radical (unpaired) electrons. The van der Waals surface area contributed by atoms with Crippen LogP contribution in [0.3, 0.4) is 0 Å². The second-order valence-corrected chi connectivity index (χ2v) is 8.45. The van der Waals surface area contributed by atoms with E-state index in [1.807, 2.05) is 0 Å². The molecule has 6 nitrogen and oxygen atoms in total. The Bertz CT molecular complexity index is 639. The number of halogens is 1. The molecular weight excluding hydrogens is 335 g/mol. The summed E-state index contributed by atoms with van der Waals surface area (Å²) < 4.78 is 42.9. The fraction of sp³-hybridized carbons (Fsp3) is 0.562. The van der Waals surface area contributed by atoms with Crippen LogP contribution in [0.15, 0.2) is 24.3 Å². The van der Waals surface area contributed by atoms with Gasteiger partial charge in [-0.05, 0) is 44.9 Å². The Morgan fingerprint density at radius 1 is 1.21 bits per heavy atom. The van der Waals surface area contributed by atoms with E-state index in [0.29, 0.717) is 6.42 Å². The number of nitrogens with one attached hydrogen (secondary N) is 1. The van der Waals surface area contributed by atoms with Gasteiger partial charge >= 0.3 is 6.09 Å². The first-order valence-corrected chi connectivity index (χ1v) is 9.48. The maximum absolute atomic E-state index is 12.9. The van der Waals surface area contributed by atoms with Crippen LogP contribution in [0.2, 0.25) is 0 Å². The lowest BCUT2D eigenvalue weighted by molar-refractivity contribution is 0.0525. The Morgan fingerprint density at radius 2 is 1.79 bits per heavy atom. The van der Waals surface area contributed by atoms with Crippen molar-refractivity contribution < 1.29 is 22.3 Å². The van der Waals surface area contributed by atoms with E-state index in [9.17, 15) is 17.6 Å². The summed E-state index contributed by atoms with van der Waals surface area (Å²) in [6.45, 7) is 5.78. The molecule has 0 saturated heterocycles. The third-order valence-corrected chi connectivity index (χ3v) is 4.36. The topological polar surface area (TPSA) is 75.7 Å². The molecule has 0 atom stereocenters. The predicted octanol–water partition coefficient (Wildman–Crippen LogP) is 2.15. The SMILES string of the molecule is CC(C)(C)OC(=O)NCCN(CCc1ccc(F)cc1)S(C)(=O)=O. The molecule has 0 aromatic heterocycles. The number of benzene rings is 1. The van der Waals surface area contributed by atoms with Gasteiger partial charge in [0, 0.05) is 19.6 Å². The molecule has 0 spiro atoms. The van der Waals surface area contributed by atoms with Crippen molar-refractivity contribution in [3.05, 3.63) is 35.6 Å². The highest BCUT2D eigenvalue weighted by atomic mass is 32.2. The van der Waals surface area contributed by atoms with Gasteiger partial charge in [0.25, 0.3) is 0 Å². The second kappa shape index (κ2) is 8.43. The van der Waals surface area contributed by atoms with Crippen molar-refractivity contribution in [2.24, 2.45) is 0 Å². The van der Waals surface area contributed by atoms with E-state index < -0.39 is 21.7 Å². The van der Waals surface area contributed by atoms with Gasteiger partial charge in [-0.25, -0.2) is 21.9 Å². The van der Waals surface area contributed by atoms with Crippen molar-refractivity contribution in [1.29, 1.82) is 0 Å². The van der Waals surface area contributed by atoms with Crippen molar-refractivity contribution >= 4 is 16.1 Å². The summed E-state index contributed by atoms with van der Waals surface area (Å²) in [7, 11) is -3.41. The van der Waals surface area contributed by atoms with Crippen LogP contribution in [0.4, 0.5) is 9.18 Å². The number of rotatable bonds is 7. The van der Waals surface area contributed by atoms with E-state index in [1.54, 1.807) is 32.9 Å². The zero-order valence-electron chi connectivity index (χ0n) is 14.5. The molecule has 1 aromatic carbocycles. The average Bonchev–Trinajstić information content (AvgIpc) is 2.41. The molecule has 0 aliphatic carbocycles. The fourth-order valence-corrected chi connectivity index (χ4v) is 2.79. The summed E-state index contributed by atoms with van der Waals surface area (Å²) in [6, 6.07) is 5.91. The van der Waals surface area contributed by atoms with Gasteiger partial charge in [0.1, 0.15) is 11.4 Å². The van der Waals surface area contributed by atoms with Gasteiger partial charge in [0.15, 0.2) is 0 Å². The standard InChI is InChI=1S/C16H25FN2O4S/c1-16(2,3)23-15(20)18-10-12-19(24(4,21)22)11-9-13-5-7-14(17)8-6-13/h5-8H,9-12H2,1-4H3,(H,18,20). The van der Waals surface area contributed by atoms with Crippen molar-refractivity contribution in [2.75, 3.05) is 25.9 Å². The normalized spacial score (nSPS) is 12.2. The molecule has 136 valence electrons. The maximum Gasteiger partial charge on any atom is 0.407 e. The molecule has 1 rings (SSSR count). The minimum absolute atomic E-state index is 0.138. The monoisotopic (exact) mass is 360 g/mol. The van der Waals surface area contributed by atoms with Gasteiger partial charge in [0.05, 0.1) is 6.26 Å². The highest BCUT2D eigenvalue weighted by Crippen LogP contribution is 2.08. The highest BCUT2D eigenvalue weighted by molar-refractivity contribution is 7.88.